The van der Waals surface area contributed by atoms with Crippen LogP contribution in [0.5, 0.6) is 0 Å². The Morgan fingerprint density at radius 1 is 1.50 bits per heavy atom. The summed E-state index contributed by atoms with van der Waals surface area (Å²) in [6.45, 7) is 0.195. The van der Waals surface area contributed by atoms with Crippen molar-refractivity contribution in [2.24, 2.45) is 5.92 Å². The lowest BCUT2D eigenvalue weighted by Gasteiger charge is -2.31. The van der Waals surface area contributed by atoms with E-state index in [-0.39, 0.29) is 25.6 Å². The van der Waals surface area contributed by atoms with Gasteiger partial charge in [-0.3, -0.25) is 4.79 Å². The Balaban J connectivity index is 2.49. The van der Waals surface area contributed by atoms with E-state index in [2.05, 4.69) is 5.32 Å². The molecule has 2 N–H and O–H groups in total. The van der Waals surface area contributed by atoms with Gasteiger partial charge in [-0.25, -0.2) is 8.42 Å². The Bertz CT molecular complexity index is 388. The summed E-state index contributed by atoms with van der Waals surface area (Å²) in [6.07, 6.45) is 1.20. The van der Waals surface area contributed by atoms with E-state index in [0.29, 0.717) is 19.4 Å². The molecule has 0 aromatic carbocycles. The Hall–Kier alpha value is -0.800. The Morgan fingerprint density at radius 2 is 2.17 bits per heavy atom. The van der Waals surface area contributed by atoms with Crippen LogP contribution < -0.4 is 5.32 Å². The summed E-state index contributed by atoms with van der Waals surface area (Å²) in [4.78, 5) is 10.3. The number of sulfonamides is 1. The fraction of sp³-hybridized carbons (Fsp3) is 0.889. The van der Waals surface area contributed by atoms with Crippen molar-refractivity contribution >= 4 is 16.0 Å². The fourth-order valence-corrected chi connectivity index (χ4v) is 2.95. The number of alkyl halides is 2. The molecule has 0 aromatic rings. The second kappa shape index (κ2) is 6.39. The molecule has 0 aromatic heterocycles. The van der Waals surface area contributed by atoms with E-state index in [4.69, 9.17) is 5.11 Å². The summed E-state index contributed by atoms with van der Waals surface area (Å²) in [5, 5.41) is 11.1. The maximum atomic E-state index is 12.4. The van der Waals surface area contributed by atoms with Gasteiger partial charge in [0.05, 0.1) is 6.54 Å². The maximum absolute atomic E-state index is 12.4. The second-order valence-electron chi connectivity index (χ2n) is 4.20. The van der Waals surface area contributed by atoms with Gasteiger partial charge in [0.25, 0.3) is 10.0 Å². The van der Waals surface area contributed by atoms with Gasteiger partial charge in [0.15, 0.2) is 0 Å². The zero-order valence-electron chi connectivity index (χ0n) is 9.68. The first-order chi connectivity index (χ1) is 8.34. The lowest BCUT2D eigenvalue weighted by molar-refractivity contribution is -0.136. The van der Waals surface area contributed by atoms with E-state index in [1.807, 2.05) is 0 Å². The summed E-state index contributed by atoms with van der Waals surface area (Å²) in [7, 11) is -4.52. The summed E-state index contributed by atoms with van der Waals surface area (Å²) < 4.78 is 48.1. The average molecular weight is 286 g/mol. The molecule has 0 aliphatic carbocycles. The Labute approximate surface area is 104 Å². The van der Waals surface area contributed by atoms with Gasteiger partial charge >= 0.3 is 11.7 Å². The van der Waals surface area contributed by atoms with Gasteiger partial charge < -0.3 is 10.4 Å². The summed E-state index contributed by atoms with van der Waals surface area (Å²) in [5.41, 5.74) is 0. The number of piperidine rings is 1. The summed E-state index contributed by atoms with van der Waals surface area (Å²) in [5.74, 6) is -4.54. The molecule has 1 aliphatic heterocycles. The standard InChI is InChI=1S/C9H16F2N2O4S/c10-9(11)18(16,17)13-3-1-2-7(6-13)4-12-5-8(14)15/h7,9,12H,1-6H2,(H,14,15). The summed E-state index contributed by atoms with van der Waals surface area (Å²) in [6, 6.07) is 0. The van der Waals surface area contributed by atoms with Crippen molar-refractivity contribution in [1.82, 2.24) is 9.62 Å². The number of carboxylic acids is 1. The van der Waals surface area contributed by atoms with Gasteiger partial charge in [-0.05, 0) is 25.3 Å². The number of carboxylic acid groups (broad SMARTS) is 1. The highest BCUT2D eigenvalue weighted by Gasteiger charge is 2.35. The predicted octanol–water partition coefficient (Wildman–Crippen LogP) is -0.0750. The van der Waals surface area contributed by atoms with Gasteiger partial charge in [0.2, 0.25) is 0 Å². The maximum Gasteiger partial charge on any atom is 0.350 e. The minimum atomic E-state index is -4.52. The van der Waals surface area contributed by atoms with Crippen LogP contribution in [0.1, 0.15) is 12.8 Å². The van der Waals surface area contributed by atoms with E-state index in [0.717, 1.165) is 4.31 Å². The fourth-order valence-electron chi connectivity index (χ4n) is 1.92. The lowest BCUT2D eigenvalue weighted by Crippen LogP contribution is -2.45. The van der Waals surface area contributed by atoms with Gasteiger partial charge in [-0.2, -0.15) is 13.1 Å². The first-order valence-corrected chi connectivity index (χ1v) is 7.04. The van der Waals surface area contributed by atoms with Crippen LogP contribution in [0.2, 0.25) is 0 Å². The van der Waals surface area contributed by atoms with E-state index in [1.54, 1.807) is 0 Å². The van der Waals surface area contributed by atoms with Crippen LogP contribution in [-0.2, 0) is 14.8 Å². The SMILES string of the molecule is O=C(O)CNCC1CCCN(S(=O)(=O)C(F)F)C1. The van der Waals surface area contributed by atoms with Crippen molar-refractivity contribution < 1.29 is 27.1 Å². The highest BCUT2D eigenvalue weighted by Crippen LogP contribution is 2.21. The number of aliphatic carboxylic acids is 1. The number of carbonyl (C=O) groups is 1. The molecule has 1 rings (SSSR count). The molecule has 9 heteroatoms. The van der Waals surface area contributed by atoms with Crippen molar-refractivity contribution in [3.63, 3.8) is 0 Å². The van der Waals surface area contributed by atoms with Crippen LogP contribution in [0.4, 0.5) is 8.78 Å². The number of halogens is 2. The van der Waals surface area contributed by atoms with E-state index in [1.165, 1.54) is 0 Å². The van der Waals surface area contributed by atoms with Gasteiger partial charge in [-0.15, -0.1) is 0 Å². The van der Waals surface area contributed by atoms with Crippen molar-refractivity contribution in [2.75, 3.05) is 26.2 Å². The van der Waals surface area contributed by atoms with Crippen LogP contribution in [0, 0.1) is 5.92 Å². The second-order valence-corrected chi connectivity index (χ2v) is 6.10. The molecule has 1 fully saturated rings. The predicted molar refractivity (Wildman–Crippen MR) is 59.7 cm³/mol. The zero-order chi connectivity index (χ0) is 13.8. The van der Waals surface area contributed by atoms with Crippen LogP contribution >= 0.6 is 0 Å². The molecule has 0 spiro atoms. The number of hydrogen-bond donors (Lipinski definition) is 2. The molecule has 0 amide bonds. The molecule has 1 saturated heterocycles. The van der Waals surface area contributed by atoms with Crippen LogP contribution in [0.3, 0.4) is 0 Å². The third-order valence-electron chi connectivity index (χ3n) is 2.78. The van der Waals surface area contributed by atoms with E-state index < -0.39 is 21.8 Å². The first-order valence-electron chi connectivity index (χ1n) is 5.53. The smallest absolute Gasteiger partial charge is 0.350 e. The molecule has 106 valence electrons. The third-order valence-corrected chi connectivity index (χ3v) is 4.28. The number of nitrogens with zero attached hydrogens (tertiary/aromatic N) is 1. The monoisotopic (exact) mass is 286 g/mol. The normalized spacial score (nSPS) is 22.3. The molecular weight excluding hydrogens is 270 g/mol. The van der Waals surface area contributed by atoms with E-state index >= 15 is 0 Å². The minimum absolute atomic E-state index is 0.0132. The average Bonchev–Trinajstić information content (AvgIpc) is 2.28. The molecule has 0 radical (unpaired) electrons. The topological polar surface area (TPSA) is 86.7 Å². The van der Waals surface area contributed by atoms with Crippen molar-refractivity contribution in [3.05, 3.63) is 0 Å². The largest absolute Gasteiger partial charge is 0.480 e. The molecule has 1 heterocycles. The van der Waals surface area contributed by atoms with Crippen molar-refractivity contribution in [3.8, 4) is 0 Å². The summed E-state index contributed by atoms with van der Waals surface area (Å²) >= 11 is 0. The Kier molecular flexibility index (Phi) is 5.42. The van der Waals surface area contributed by atoms with Crippen molar-refractivity contribution in [2.45, 2.75) is 18.6 Å². The molecule has 1 atom stereocenters. The van der Waals surface area contributed by atoms with Crippen LogP contribution in [-0.4, -0.2) is 55.7 Å². The molecule has 0 saturated carbocycles. The quantitative estimate of drug-likeness (QED) is 0.713. The molecule has 1 aliphatic rings. The van der Waals surface area contributed by atoms with Crippen molar-refractivity contribution in [1.29, 1.82) is 0 Å². The number of rotatable bonds is 6. The molecule has 6 nitrogen and oxygen atoms in total. The van der Waals surface area contributed by atoms with Crippen LogP contribution in [0.25, 0.3) is 0 Å². The highest BCUT2D eigenvalue weighted by atomic mass is 32.2. The van der Waals surface area contributed by atoms with Gasteiger partial charge in [-0.1, -0.05) is 0 Å². The van der Waals surface area contributed by atoms with Gasteiger partial charge in [0, 0.05) is 13.1 Å². The molecular formula is C9H16F2N2O4S. The zero-order valence-corrected chi connectivity index (χ0v) is 10.5. The molecule has 18 heavy (non-hydrogen) atoms. The molecule has 0 bridgehead atoms. The third kappa shape index (κ3) is 4.14. The van der Waals surface area contributed by atoms with E-state index in [9.17, 15) is 22.0 Å². The lowest BCUT2D eigenvalue weighted by atomic mass is 10.00. The van der Waals surface area contributed by atoms with Gasteiger partial charge in [0.1, 0.15) is 0 Å². The first kappa shape index (κ1) is 15.3. The number of nitrogens with one attached hydrogen (secondary N) is 1. The Morgan fingerprint density at radius 3 is 2.72 bits per heavy atom. The number of hydrogen-bond acceptors (Lipinski definition) is 4. The minimum Gasteiger partial charge on any atom is -0.480 e. The van der Waals surface area contributed by atoms with Crippen LogP contribution in [0.15, 0.2) is 0 Å². The highest BCUT2D eigenvalue weighted by molar-refractivity contribution is 7.89. The molecule has 1 unspecified atom stereocenters.